The molecular weight excluding hydrogens is 580 g/mol. The zero-order valence-corrected chi connectivity index (χ0v) is 25.8. The number of nitrogens with one attached hydrogen (secondary N) is 2. The average molecular weight is 619 g/mol. The second-order valence-electron chi connectivity index (χ2n) is 11.1. The van der Waals surface area contributed by atoms with Gasteiger partial charge in [-0.15, -0.1) is 0 Å². The molecule has 1 aliphatic rings. The van der Waals surface area contributed by atoms with Gasteiger partial charge < -0.3 is 14.6 Å². The molecule has 4 aromatic carbocycles. The number of ether oxygens (including phenoxy) is 2. The lowest BCUT2D eigenvalue weighted by atomic mass is 9.84. The first kappa shape index (κ1) is 32.2. The molecule has 1 aliphatic heterocycles. The summed E-state index contributed by atoms with van der Waals surface area (Å²) in [5, 5.41) is 12.8. The fourth-order valence-electron chi connectivity index (χ4n) is 5.57. The summed E-state index contributed by atoms with van der Waals surface area (Å²) in [5.41, 5.74) is 18.4. The van der Waals surface area contributed by atoms with Gasteiger partial charge in [-0.3, -0.25) is 10.2 Å². The normalized spacial score (nSPS) is 17.1. The van der Waals surface area contributed by atoms with Crippen molar-refractivity contribution in [2.75, 3.05) is 19.8 Å². The molecule has 4 aromatic rings. The Balaban J connectivity index is 1.42. The lowest BCUT2D eigenvalue weighted by Crippen LogP contribution is -2.56. The van der Waals surface area contributed by atoms with E-state index in [0.29, 0.717) is 36.8 Å². The van der Waals surface area contributed by atoms with Crippen LogP contribution < -0.4 is 15.6 Å². The number of rotatable bonds is 15. The first-order valence-corrected chi connectivity index (χ1v) is 15.4. The molecule has 1 heterocycles. The van der Waals surface area contributed by atoms with Crippen molar-refractivity contribution in [3.63, 3.8) is 0 Å². The van der Waals surface area contributed by atoms with Gasteiger partial charge in [0.05, 0.1) is 13.2 Å². The zero-order chi connectivity index (χ0) is 32.2. The van der Waals surface area contributed by atoms with E-state index in [9.17, 15) is 4.79 Å². The number of aliphatic hydroxyl groups excluding tert-OH is 1. The van der Waals surface area contributed by atoms with Crippen molar-refractivity contribution in [3.8, 4) is 5.75 Å². The minimum absolute atomic E-state index is 0.00218. The molecule has 2 atom stereocenters. The Morgan fingerprint density at radius 3 is 2.24 bits per heavy atom. The highest BCUT2D eigenvalue weighted by atomic mass is 16.5. The number of aliphatic hydroxyl groups is 1. The molecule has 10 heteroatoms. The smallest absolute Gasteiger partial charge is 0.266 e. The summed E-state index contributed by atoms with van der Waals surface area (Å²) in [6.45, 7) is 2.92. The average Bonchev–Trinajstić information content (AvgIpc) is 3.43. The lowest BCUT2D eigenvalue weighted by molar-refractivity contribution is -0.129. The molecule has 0 aromatic heterocycles. The first-order valence-electron chi connectivity index (χ1n) is 15.4. The second-order valence-corrected chi connectivity index (χ2v) is 11.1. The minimum Gasteiger partial charge on any atom is -0.494 e. The molecule has 0 fully saturated rings. The van der Waals surface area contributed by atoms with E-state index in [0.717, 1.165) is 22.3 Å². The van der Waals surface area contributed by atoms with Crippen molar-refractivity contribution < 1.29 is 19.4 Å². The molecule has 236 valence electrons. The molecule has 0 aliphatic carbocycles. The number of carbonyl (C=O) groups excluding carboxylic acids is 1. The predicted octanol–water partition coefficient (Wildman–Crippen LogP) is 5.86. The highest BCUT2D eigenvalue weighted by Gasteiger charge is 2.50. The number of amides is 1. The van der Waals surface area contributed by atoms with Crippen LogP contribution in [0.25, 0.3) is 10.4 Å². The fourth-order valence-corrected chi connectivity index (χ4v) is 5.57. The molecule has 0 unspecified atom stereocenters. The van der Waals surface area contributed by atoms with E-state index < -0.39 is 11.6 Å². The number of hydrogen-bond donors (Lipinski definition) is 3. The Hall–Kier alpha value is -5.15. The van der Waals surface area contributed by atoms with Crippen LogP contribution in [0.2, 0.25) is 0 Å². The van der Waals surface area contributed by atoms with Gasteiger partial charge in [0, 0.05) is 42.4 Å². The van der Waals surface area contributed by atoms with Crippen LogP contribution in [0.3, 0.4) is 0 Å². The van der Waals surface area contributed by atoms with Crippen molar-refractivity contribution in [3.05, 3.63) is 147 Å². The van der Waals surface area contributed by atoms with Crippen molar-refractivity contribution in [1.29, 1.82) is 0 Å². The third kappa shape index (κ3) is 7.73. The third-order valence-corrected chi connectivity index (χ3v) is 8.12. The van der Waals surface area contributed by atoms with Gasteiger partial charge in [-0.05, 0) is 59.0 Å². The van der Waals surface area contributed by atoms with Crippen LogP contribution in [0.1, 0.15) is 47.1 Å². The van der Waals surface area contributed by atoms with Gasteiger partial charge in [-0.2, -0.15) is 0 Å². The highest BCUT2D eigenvalue weighted by Crippen LogP contribution is 2.34. The highest BCUT2D eigenvalue weighted by molar-refractivity contribution is 6.00. The van der Waals surface area contributed by atoms with Crippen LogP contribution in [0.5, 0.6) is 5.75 Å². The van der Waals surface area contributed by atoms with E-state index in [-0.39, 0.29) is 31.4 Å². The van der Waals surface area contributed by atoms with E-state index in [1.165, 1.54) is 0 Å². The summed E-state index contributed by atoms with van der Waals surface area (Å²) in [7, 11) is 0. The molecule has 5 rings (SSSR count). The summed E-state index contributed by atoms with van der Waals surface area (Å²) < 4.78 is 12.0. The Bertz CT molecular complexity index is 1620. The maximum atomic E-state index is 14.3. The van der Waals surface area contributed by atoms with E-state index in [2.05, 4.69) is 45.1 Å². The summed E-state index contributed by atoms with van der Waals surface area (Å²) >= 11 is 0. The largest absolute Gasteiger partial charge is 0.494 e. The molecule has 0 spiro atoms. The number of nitrogens with zero attached hydrogens (tertiary/aromatic N) is 4. The lowest BCUT2D eigenvalue weighted by Gasteiger charge is -2.29. The third-order valence-electron chi connectivity index (χ3n) is 8.12. The van der Waals surface area contributed by atoms with Gasteiger partial charge in [-0.25, -0.2) is 10.4 Å². The number of hydrazine groups is 1. The molecule has 46 heavy (non-hydrogen) atoms. The number of aliphatic imine (C=N–C) groups is 1. The topological polar surface area (TPSA) is 141 Å². The van der Waals surface area contributed by atoms with Gasteiger partial charge in [0.1, 0.15) is 11.9 Å². The maximum Gasteiger partial charge on any atom is 0.266 e. The van der Waals surface area contributed by atoms with Crippen molar-refractivity contribution in [2.24, 2.45) is 10.1 Å². The van der Waals surface area contributed by atoms with Crippen LogP contribution in [0.4, 0.5) is 0 Å². The fraction of sp³-hybridized carbons (Fsp3) is 0.278. The Morgan fingerprint density at radius 2 is 1.61 bits per heavy atom. The van der Waals surface area contributed by atoms with Crippen molar-refractivity contribution in [1.82, 2.24) is 10.9 Å². The van der Waals surface area contributed by atoms with E-state index in [1.807, 2.05) is 91.9 Å². The Kier molecular flexibility index (Phi) is 11.0. The quantitative estimate of drug-likeness (QED) is 0.0503. The molecule has 0 bridgehead atoms. The Morgan fingerprint density at radius 1 is 0.978 bits per heavy atom. The van der Waals surface area contributed by atoms with Gasteiger partial charge in [0.25, 0.3) is 5.91 Å². The maximum absolute atomic E-state index is 14.3. The van der Waals surface area contributed by atoms with Crippen LogP contribution in [0, 0.1) is 0 Å². The van der Waals surface area contributed by atoms with Crippen LogP contribution in [0.15, 0.2) is 119 Å². The molecule has 0 saturated carbocycles. The summed E-state index contributed by atoms with van der Waals surface area (Å²) in [5.74, 6) is 0.675. The first-order chi connectivity index (χ1) is 22.5. The zero-order valence-electron chi connectivity index (χ0n) is 25.8. The molecule has 0 saturated heterocycles. The molecule has 10 nitrogen and oxygen atoms in total. The van der Waals surface area contributed by atoms with Crippen LogP contribution >= 0.6 is 0 Å². The van der Waals surface area contributed by atoms with Crippen LogP contribution in [-0.2, 0) is 22.5 Å². The molecular formula is C36H38N6O4. The van der Waals surface area contributed by atoms with Crippen molar-refractivity contribution >= 4 is 11.8 Å². The number of benzene rings is 4. The summed E-state index contributed by atoms with van der Waals surface area (Å²) in [6.07, 6.45) is 0.154. The van der Waals surface area contributed by atoms with Crippen LogP contribution in [-0.4, -0.2) is 48.3 Å². The van der Waals surface area contributed by atoms with Gasteiger partial charge >= 0.3 is 0 Å². The van der Waals surface area contributed by atoms with E-state index in [4.69, 9.17) is 25.1 Å². The van der Waals surface area contributed by atoms with Crippen molar-refractivity contribution in [2.45, 2.75) is 43.9 Å². The minimum atomic E-state index is -1.32. The van der Waals surface area contributed by atoms with E-state index in [1.54, 1.807) is 0 Å². The van der Waals surface area contributed by atoms with Gasteiger partial charge in [0.2, 0.25) is 5.90 Å². The predicted molar refractivity (Wildman–Crippen MR) is 177 cm³/mol. The molecule has 0 radical (unpaired) electrons. The molecule has 1 amide bonds. The van der Waals surface area contributed by atoms with Gasteiger partial charge in [-0.1, -0.05) is 90.0 Å². The number of hydrogen-bond acceptors (Lipinski definition) is 7. The summed E-state index contributed by atoms with van der Waals surface area (Å²) in [4.78, 5) is 22.1. The Labute approximate surface area is 268 Å². The number of azide groups is 1. The standard InChI is InChI=1S/C36H38N6O4/c1-26-36(23-30-15-8-9-16-31(30)24-39-42-37,40-34(46-26)29-17-19-32(20-18-29)45-22-10-21-43)35(44)41-38-25-33(27-11-4-2-5-12-27)28-13-6-3-7-14-28/h2-9,11-20,26,33,38,43H,10,21-25H2,1H3,(H,41,44)/t26-,36-/m0/s1. The monoisotopic (exact) mass is 618 g/mol. The molecule has 3 N–H and O–H groups in total. The number of carbonyl (C=O) groups is 1. The second kappa shape index (κ2) is 15.7. The van der Waals surface area contributed by atoms with E-state index >= 15 is 0 Å². The SMILES string of the molecule is C[C@@H]1OC(c2ccc(OCCCO)cc2)=N[C@]1(Cc1ccccc1CN=[N+]=[N-])C(=O)NNCC(c1ccccc1)c1ccccc1. The summed E-state index contributed by atoms with van der Waals surface area (Å²) in [6, 6.07) is 35.2. The van der Waals surface area contributed by atoms with Gasteiger partial charge in [0.15, 0.2) is 5.54 Å².